The van der Waals surface area contributed by atoms with Gasteiger partial charge in [-0.15, -0.1) is 0 Å². The van der Waals surface area contributed by atoms with Gasteiger partial charge in [0, 0.05) is 13.1 Å². The number of piperidine rings is 1. The Hall–Kier alpha value is -2.18. The monoisotopic (exact) mass is 319 g/mol. The fraction of sp³-hybridized carbons (Fsp3) is 0.625. The molecule has 0 bridgehead atoms. The Balaban J connectivity index is 1.57. The van der Waals surface area contributed by atoms with Crippen LogP contribution in [-0.4, -0.2) is 40.4 Å². The number of amides is 1. The molecule has 1 amide bonds. The second-order valence-electron chi connectivity index (χ2n) is 6.30. The molecule has 1 aliphatic heterocycles. The maximum absolute atomic E-state index is 12.3. The molecule has 7 heteroatoms. The summed E-state index contributed by atoms with van der Waals surface area (Å²) < 4.78 is 5.35. The summed E-state index contributed by atoms with van der Waals surface area (Å²) in [5.41, 5.74) is 0. The molecule has 0 N–H and O–H groups in total. The second kappa shape index (κ2) is 6.93. The number of fused-ring (bicyclic) bond motifs is 1. The van der Waals surface area contributed by atoms with Crippen molar-refractivity contribution in [1.29, 1.82) is 0 Å². The zero-order valence-electron chi connectivity index (χ0n) is 13.0. The molecule has 0 unspecified atom stereocenters. The van der Waals surface area contributed by atoms with E-state index < -0.39 is 4.92 Å². The van der Waals surface area contributed by atoms with Gasteiger partial charge in [0.1, 0.15) is 6.20 Å². The van der Waals surface area contributed by atoms with Crippen LogP contribution < -0.4 is 4.74 Å². The molecular weight excluding hydrogens is 298 g/mol. The molecule has 2 atom stereocenters. The first-order valence-electron chi connectivity index (χ1n) is 8.15. The molecule has 7 nitrogen and oxygen atoms in total. The minimum atomic E-state index is -0.604. The number of carbonyl (C=O) groups excluding carboxylic acids is 1. The summed E-state index contributed by atoms with van der Waals surface area (Å²) in [6.45, 7) is 1.38. The van der Waals surface area contributed by atoms with Crippen molar-refractivity contribution in [3.63, 3.8) is 0 Å². The highest BCUT2D eigenvalue weighted by molar-refractivity contribution is 5.78. The van der Waals surface area contributed by atoms with Gasteiger partial charge in [-0.25, -0.2) is 0 Å². The molecule has 0 aromatic carbocycles. The maximum atomic E-state index is 12.3. The number of rotatable bonds is 4. The number of hydrogen-bond acceptors (Lipinski definition) is 5. The Bertz CT molecular complexity index is 592. The van der Waals surface area contributed by atoms with Gasteiger partial charge >= 0.3 is 5.82 Å². The van der Waals surface area contributed by atoms with Crippen LogP contribution >= 0.6 is 0 Å². The van der Waals surface area contributed by atoms with E-state index >= 15 is 0 Å². The van der Waals surface area contributed by atoms with Gasteiger partial charge < -0.3 is 19.8 Å². The number of aromatic nitrogens is 1. The zero-order chi connectivity index (χ0) is 16.2. The van der Waals surface area contributed by atoms with Crippen LogP contribution in [0.1, 0.15) is 32.1 Å². The number of nitrogens with zero attached hydrogens (tertiary/aromatic N) is 3. The minimum Gasteiger partial charge on any atom is -0.476 e. The fourth-order valence-electron chi connectivity index (χ4n) is 3.69. The van der Waals surface area contributed by atoms with Crippen LogP contribution in [-0.2, 0) is 4.79 Å². The topological polar surface area (TPSA) is 85.6 Å². The SMILES string of the molecule is O=C(COc1cccnc1[N+](=O)[O-])N1CC[C@H]2CCCC[C@H]2C1. The molecule has 1 aromatic rings. The summed E-state index contributed by atoms with van der Waals surface area (Å²) in [6, 6.07) is 3.02. The van der Waals surface area contributed by atoms with Crippen molar-refractivity contribution in [3.05, 3.63) is 28.4 Å². The Labute approximate surface area is 134 Å². The van der Waals surface area contributed by atoms with Crippen molar-refractivity contribution in [2.45, 2.75) is 32.1 Å². The highest BCUT2D eigenvalue weighted by Crippen LogP contribution is 2.36. The third-order valence-electron chi connectivity index (χ3n) is 4.92. The number of carbonyl (C=O) groups is 1. The van der Waals surface area contributed by atoms with Gasteiger partial charge in [-0.2, -0.15) is 0 Å². The third-order valence-corrected chi connectivity index (χ3v) is 4.92. The van der Waals surface area contributed by atoms with E-state index in [-0.39, 0.29) is 24.1 Å². The number of nitro groups is 1. The Morgan fingerprint density at radius 1 is 1.35 bits per heavy atom. The van der Waals surface area contributed by atoms with Gasteiger partial charge in [0.2, 0.25) is 5.75 Å². The Morgan fingerprint density at radius 2 is 2.13 bits per heavy atom. The Kier molecular flexibility index (Phi) is 4.73. The molecule has 1 saturated carbocycles. The van der Waals surface area contributed by atoms with E-state index in [1.54, 1.807) is 6.07 Å². The quantitative estimate of drug-likeness (QED) is 0.628. The average Bonchev–Trinajstić information content (AvgIpc) is 2.59. The van der Waals surface area contributed by atoms with E-state index in [1.165, 1.54) is 37.9 Å². The number of ether oxygens (including phenoxy) is 1. The summed E-state index contributed by atoms with van der Waals surface area (Å²) in [4.78, 5) is 28.1. The minimum absolute atomic E-state index is 0.0402. The number of likely N-dealkylation sites (tertiary alicyclic amines) is 1. The molecule has 2 heterocycles. The smallest absolute Gasteiger partial charge is 0.406 e. The third kappa shape index (κ3) is 3.60. The van der Waals surface area contributed by atoms with Gasteiger partial charge in [-0.1, -0.05) is 19.3 Å². The first kappa shape index (κ1) is 15.7. The van der Waals surface area contributed by atoms with Crippen molar-refractivity contribution in [2.75, 3.05) is 19.7 Å². The summed E-state index contributed by atoms with van der Waals surface area (Å²) in [7, 11) is 0. The van der Waals surface area contributed by atoms with Crippen molar-refractivity contribution >= 4 is 11.7 Å². The van der Waals surface area contributed by atoms with Crippen molar-refractivity contribution in [1.82, 2.24) is 9.88 Å². The molecule has 1 aliphatic carbocycles. The first-order chi connectivity index (χ1) is 11.1. The van der Waals surface area contributed by atoms with E-state index in [2.05, 4.69) is 4.98 Å². The van der Waals surface area contributed by atoms with Crippen molar-refractivity contribution in [3.8, 4) is 5.75 Å². The highest BCUT2D eigenvalue weighted by atomic mass is 16.6. The van der Waals surface area contributed by atoms with Crippen molar-refractivity contribution < 1.29 is 14.5 Å². The van der Waals surface area contributed by atoms with Crippen LogP contribution in [0.25, 0.3) is 0 Å². The molecule has 2 fully saturated rings. The molecule has 0 spiro atoms. The molecular formula is C16H21N3O4. The molecule has 2 aliphatic rings. The fourth-order valence-corrected chi connectivity index (χ4v) is 3.69. The molecule has 3 rings (SSSR count). The number of pyridine rings is 1. The summed E-state index contributed by atoms with van der Waals surface area (Å²) >= 11 is 0. The summed E-state index contributed by atoms with van der Waals surface area (Å²) in [5.74, 6) is 0.944. The highest BCUT2D eigenvalue weighted by Gasteiger charge is 2.33. The second-order valence-corrected chi connectivity index (χ2v) is 6.30. The lowest BCUT2D eigenvalue weighted by atomic mass is 9.75. The lowest BCUT2D eigenvalue weighted by molar-refractivity contribution is -0.390. The van der Waals surface area contributed by atoms with E-state index in [0.29, 0.717) is 5.92 Å². The Morgan fingerprint density at radius 3 is 2.91 bits per heavy atom. The normalized spacial score (nSPS) is 23.9. The predicted octanol–water partition coefficient (Wildman–Crippen LogP) is 2.41. The van der Waals surface area contributed by atoms with Gasteiger partial charge in [0.25, 0.3) is 5.91 Å². The van der Waals surface area contributed by atoms with E-state index in [9.17, 15) is 14.9 Å². The molecule has 124 valence electrons. The molecule has 1 aromatic heterocycles. The predicted molar refractivity (Wildman–Crippen MR) is 83.0 cm³/mol. The summed E-state index contributed by atoms with van der Waals surface area (Å²) in [6.07, 6.45) is 7.43. The maximum Gasteiger partial charge on any atom is 0.406 e. The first-order valence-corrected chi connectivity index (χ1v) is 8.15. The largest absolute Gasteiger partial charge is 0.476 e. The van der Waals surface area contributed by atoms with Crippen LogP contribution in [0.5, 0.6) is 5.75 Å². The summed E-state index contributed by atoms with van der Waals surface area (Å²) in [5, 5.41) is 10.9. The zero-order valence-corrected chi connectivity index (χ0v) is 13.0. The lowest BCUT2D eigenvalue weighted by Crippen LogP contribution is -2.46. The van der Waals surface area contributed by atoms with Crippen LogP contribution in [0, 0.1) is 22.0 Å². The van der Waals surface area contributed by atoms with Gasteiger partial charge in [0.15, 0.2) is 6.61 Å². The lowest BCUT2D eigenvalue weighted by Gasteiger charge is -2.41. The van der Waals surface area contributed by atoms with Gasteiger partial charge in [-0.3, -0.25) is 4.79 Å². The van der Waals surface area contributed by atoms with Crippen LogP contribution in [0.4, 0.5) is 5.82 Å². The number of hydrogen-bond donors (Lipinski definition) is 0. The molecule has 0 radical (unpaired) electrons. The van der Waals surface area contributed by atoms with Crippen LogP contribution in [0.3, 0.4) is 0 Å². The van der Waals surface area contributed by atoms with Crippen LogP contribution in [0.2, 0.25) is 0 Å². The molecule has 1 saturated heterocycles. The van der Waals surface area contributed by atoms with E-state index in [4.69, 9.17) is 4.74 Å². The van der Waals surface area contributed by atoms with E-state index in [1.807, 2.05) is 4.90 Å². The van der Waals surface area contributed by atoms with Gasteiger partial charge in [0.05, 0.1) is 0 Å². The standard InChI is InChI=1S/C16H21N3O4/c20-15(11-23-14-6-3-8-17-16(14)19(21)22)18-9-7-12-4-1-2-5-13(12)10-18/h3,6,8,12-13H,1-2,4-5,7,9-11H2/t12-,13+/m1/s1. The van der Waals surface area contributed by atoms with Crippen LogP contribution in [0.15, 0.2) is 18.3 Å². The molecule has 23 heavy (non-hydrogen) atoms. The van der Waals surface area contributed by atoms with Crippen molar-refractivity contribution in [2.24, 2.45) is 11.8 Å². The van der Waals surface area contributed by atoms with Gasteiger partial charge in [-0.05, 0) is 46.7 Å². The van der Waals surface area contributed by atoms with E-state index in [0.717, 1.165) is 25.4 Å². The average molecular weight is 319 g/mol.